The summed E-state index contributed by atoms with van der Waals surface area (Å²) in [6.07, 6.45) is 8.42. The maximum Gasteiger partial charge on any atom is 0.312 e. The van der Waals surface area contributed by atoms with Crippen molar-refractivity contribution in [3.63, 3.8) is 0 Å². The fourth-order valence-electron chi connectivity index (χ4n) is 11.7. The highest BCUT2D eigenvalue weighted by molar-refractivity contribution is 5.76. The van der Waals surface area contributed by atoms with Crippen LogP contribution in [0, 0.1) is 50.7 Å². The Bertz CT molecular complexity index is 886. The molecule has 4 N–H and O–H groups in total. The third kappa shape index (κ3) is 3.25. The predicted octanol–water partition coefficient (Wildman–Crippen LogP) is 5.40. The summed E-state index contributed by atoms with van der Waals surface area (Å²) in [6, 6.07) is 0. The van der Waals surface area contributed by atoms with E-state index in [-0.39, 0.29) is 39.6 Å². The predicted molar refractivity (Wildman–Crippen MR) is 136 cm³/mol. The number of carboxylic acid groups (broad SMARTS) is 1. The average Bonchev–Trinajstić information content (AvgIpc) is 2.88. The first-order valence-corrected chi connectivity index (χ1v) is 14.4. The molecule has 0 aliphatic heterocycles. The van der Waals surface area contributed by atoms with Crippen molar-refractivity contribution in [2.45, 2.75) is 130 Å². The SMILES string of the molecule is CC1(C)[C@H](O)CC[C@@]2(C)[C@H]1CC[C@]1(O)C[C@]3(C)CC[C@@H]4[C@](C)(CC[C@H](O)[C@]4(C)C(=O)O)[C@H]3CC[C@@H]12. The second-order valence-electron chi connectivity index (χ2n) is 15.3. The standard InChI is InChI=1S/C30H50O5/c1-25(2)18-10-16-30(35)17-26(3)13-9-20-28(5,15-12-23(32)29(20,6)24(33)34)19(26)7-8-21(30)27(18,4)14-11-22(25)31/h18-23,31-32,35H,7-17H2,1-6H3,(H,33,34)/t18-,19-,20+,21+,22+,23-,26-,27-,28+,29+,30-/m0/s1. The summed E-state index contributed by atoms with van der Waals surface area (Å²) in [5, 5.41) is 44.4. The van der Waals surface area contributed by atoms with Crippen LogP contribution in [0.4, 0.5) is 0 Å². The lowest BCUT2D eigenvalue weighted by Gasteiger charge is -2.64. The van der Waals surface area contributed by atoms with Crippen LogP contribution in [0.3, 0.4) is 0 Å². The lowest BCUT2D eigenvalue weighted by molar-refractivity contribution is -0.216. The molecule has 0 amide bonds. The first kappa shape index (κ1) is 26.0. The van der Waals surface area contributed by atoms with Crippen LogP contribution < -0.4 is 0 Å². The van der Waals surface area contributed by atoms with Gasteiger partial charge in [0.1, 0.15) is 0 Å². The molecule has 11 atom stereocenters. The van der Waals surface area contributed by atoms with Crippen molar-refractivity contribution in [1.29, 1.82) is 0 Å². The van der Waals surface area contributed by atoms with E-state index in [1.54, 1.807) is 6.92 Å². The molecular weight excluding hydrogens is 440 g/mol. The summed E-state index contributed by atoms with van der Waals surface area (Å²) < 4.78 is 0. The molecule has 5 heteroatoms. The van der Waals surface area contributed by atoms with E-state index in [1.165, 1.54) is 0 Å². The smallest absolute Gasteiger partial charge is 0.312 e. The van der Waals surface area contributed by atoms with Gasteiger partial charge in [0, 0.05) is 0 Å². The first-order valence-electron chi connectivity index (χ1n) is 14.4. The van der Waals surface area contributed by atoms with Crippen molar-refractivity contribution < 1.29 is 25.2 Å². The Hall–Kier alpha value is -0.650. The Balaban J connectivity index is 1.53. The van der Waals surface area contributed by atoms with Crippen LogP contribution in [0.1, 0.15) is 112 Å². The van der Waals surface area contributed by atoms with E-state index in [0.717, 1.165) is 64.2 Å². The molecule has 5 aliphatic carbocycles. The number of hydrogen-bond donors (Lipinski definition) is 4. The third-order valence-electron chi connectivity index (χ3n) is 13.5. The van der Waals surface area contributed by atoms with Gasteiger partial charge in [-0.15, -0.1) is 0 Å². The average molecular weight is 491 g/mol. The molecule has 0 radical (unpaired) electrons. The van der Waals surface area contributed by atoms with Gasteiger partial charge in [-0.25, -0.2) is 0 Å². The van der Waals surface area contributed by atoms with E-state index in [1.807, 2.05) is 0 Å². The van der Waals surface area contributed by atoms with Crippen molar-refractivity contribution in [1.82, 2.24) is 0 Å². The molecule has 0 spiro atoms. The molecular formula is C30H50O5. The summed E-state index contributed by atoms with van der Waals surface area (Å²) in [6.45, 7) is 13.3. The van der Waals surface area contributed by atoms with Crippen LogP contribution in [0.5, 0.6) is 0 Å². The molecule has 35 heavy (non-hydrogen) atoms. The van der Waals surface area contributed by atoms with Crippen molar-refractivity contribution in [2.75, 3.05) is 0 Å². The number of rotatable bonds is 1. The minimum atomic E-state index is -1.11. The van der Waals surface area contributed by atoms with Crippen LogP contribution >= 0.6 is 0 Å². The van der Waals surface area contributed by atoms with Gasteiger partial charge in [-0.05, 0) is 123 Å². The Labute approximate surface area is 212 Å². The highest BCUT2D eigenvalue weighted by Gasteiger charge is 2.68. The van der Waals surface area contributed by atoms with E-state index in [9.17, 15) is 25.2 Å². The molecule has 0 unspecified atom stereocenters. The number of aliphatic hydroxyl groups excluding tert-OH is 2. The Morgan fingerprint density at radius 1 is 0.657 bits per heavy atom. The molecule has 5 rings (SSSR count). The van der Waals surface area contributed by atoms with E-state index < -0.39 is 23.1 Å². The van der Waals surface area contributed by atoms with Gasteiger partial charge in [-0.2, -0.15) is 0 Å². The third-order valence-corrected chi connectivity index (χ3v) is 13.5. The zero-order valence-corrected chi connectivity index (χ0v) is 22.9. The molecule has 200 valence electrons. The summed E-state index contributed by atoms with van der Waals surface area (Å²) in [7, 11) is 0. The molecule has 5 aliphatic rings. The number of aliphatic carboxylic acids is 1. The maximum absolute atomic E-state index is 12.5. The summed E-state index contributed by atoms with van der Waals surface area (Å²) >= 11 is 0. The first-order chi connectivity index (χ1) is 16.1. The fourth-order valence-corrected chi connectivity index (χ4v) is 11.7. The second kappa shape index (κ2) is 7.69. The van der Waals surface area contributed by atoms with Gasteiger partial charge in [0.05, 0.1) is 23.2 Å². The maximum atomic E-state index is 12.5. The second-order valence-corrected chi connectivity index (χ2v) is 15.3. The molecule has 0 aromatic rings. The van der Waals surface area contributed by atoms with Gasteiger partial charge in [-0.3, -0.25) is 4.79 Å². The van der Waals surface area contributed by atoms with Crippen LogP contribution in [-0.4, -0.2) is 44.2 Å². The van der Waals surface area contributed by atoms with Crippen LogP contribution in [-0.2, 0) is 4.79 Å². The highest BCUT2D eigenvalue weighted by Crippen LogP contribution is 2.71. The van der Waals surface area contributed by atoms with Gasteiger partial charge in [0.15, 0.2) is 0 Å². The molecule has 0 aromatic heterocycles. The van der Waals surface area contributed by atoms with Gasteiger partial charge in [-0.1, -0.05) is 34.6 Å². The van der Waals surface area contributed by atoms with Crippen LogP contribution in [0.25, 0.3) is 0 Å². The molecule has 0 aromatic carbocycles. The Morgan fingerprint density at radius 2 is 1.20 bits per heavy atom. The van der Waals surface area contributed by atoms with Crippen molar-refractivity contribution in [2.24, 2.45) is 50.7 Å². The minimum Gasteiger partial charge on any atom is -0.481 e. The molecule has 0 saturated heterocycles. The molecule has 5 saturated carbocycles. The van der Waals surface area contributed by atoms with Crippen molar-refractivity contribution in [3.05, 3.63) is 0 Å². The molecule has 5 nitrogen and oxygen atoms in total. The van der Waals surface area contributed by atoms with E-state index in [4.69, 9.17) is 0 Å². The van der Waals surface area contributed by atoms with E-state index in [0.29, 0.717) is 18.3 Å². The Morgan fingerprint density at radius 3 is 1.83 bits per heavy atom. The summed E-state index contributed by atoms with van der Waals surface area (Å²) in [5.41, 5.74) is -2.10. The lowest BCUT2D eigenvalue weighted by Crippen LogP contribution is -2.63. The number of fused-ring (bicyclic) bond motifs is 6. The fraction of sp³-hybridized carbons (Fsp3) is 0.967. The molecule has 5 fully saturated rings. The highest BCUT2D eigenvalue weighted by atomic mass is 16.4. The minimum absolute atomic E-state index is 0.0121. The topological polar surface area (TPSA) is 98.0 Å². The van der Waals surface area contributed by atoms with Crippen molar-refractivity contribution >= 4 is 5.97 Å². The van der Waals surface area contributed by atoms with Gasteiger partial charge < -0.3 is 20.4 Å². The summed E-state index contributed by atoms with van der Waals surface area (Å²) in [5.74, 6) is 0.0595. The zero-order chi connectivity index (χ0) is 25.8. The lowest BCUT2D eigenvalue weighted by atomic mass is 9.41. The number of hydrogen-bond acceptors (Lipinski definition) is 4. The van der Waals surface area contributed by atoms with Gasteiger partial charge in [0.25, 0.3) is 0 Å². The molecule has 0 bridgehead atoms. The number of aliphatic hydroxyl groups is 3. The largest absolute Gasteiger partial charge is 0.481 e. The number of carbonyl (C=O) groups is 1. The van der Waals surface area contributed by atoms with Gasteiger partial charge in [0.2, 0.25) is 0 Å². The summed E-state index contributed by atoms with van der Waals surface area (Å²) in [4.78, 5) is 12.5. The van der Waals surface area contributed by atoms with Crippen LogP contribution in [0.2, 0.25) is 0 Å². The molecule has 0 heterocycles. The van der Waals surface area contributed by atoms with E-state index in [2.05, 4.69) is 34.6 Å². The van der Waals surface area contributed by atoms with E-state index >= 15 is 0 Å². The normalized spacial score (nSPS) is 57.6. The van der Waals surface area contributed by atoms with Crippen molar-refractivity contribution in [3.8, 4) is 0 Å². The monoisotopic (exact) mass is 490 g/mol. The van der Waals surface area contributed by atoms with Gasteiger partial charge >= 0.3 is 5.97 Å². The Kier molecular flexibility index (Phi) is 5.71. The number of carboxylic acids is 1. The quantitative estimate of drug-likeness (QED) is 0.395. The van der Waals surface area contributed by atoms with Crippen LogP contribution in [0.15, 0.2) is 0 Å². The zero-order valence-electron chi connectivity index (χ0n) is 22.9.